The lowest BCUT2D eigenvalue weighted by Crippen LogP contribution is -2.45. The fourth-order valence-electron chi connectivity index (χ4n) is 2.44. The standard InChI is InChI=1S/C22H30N2O6/c1-4-6-13-29-18-11-7-16(14-19(18)28-5-2)8-12-20(25)30-15(3)21(26)24-22(27)23-17-9-10-17/h7-8,11-12,14-15,17H,4-6,9-10,13H2,1-3H3,(H2,23,24,26,27)/b12-8+. The molecule has 8 nitrogen and oxygen atoms in total. The van der Waals surface area contributed by atoms with Crippen molar-refractivity contribution in [3.05, 3.63) is 29.8 Å². The number of imide groups is 1. The van der Waals surface area contributed by atoms with E-state index in [0.717, 1.165) is 31.2 Å². The molecule has 2 rings (SSSR count). The Morgan fingerprint density at radius 2 is 1.93 bits per heavy atom. The number of unbranched alkanes of at least 4 members (excludes halogenated alkanes) is 1. The van der Waals surface area contributed by atoms with E-state index in [1.807, 2.05) is 6.92 Å². The minimum Gasteiger partial charge on any atom is -0.490 e. The zero-order valence-electron chi connectivity index (χ0n) is 17.7. The SMILES string of the molecule is CCCCOc1ccc(/C=C/C(=O)OC(C)C(=O)NC(=O)NC2CC2)cc1OCC. The zero-order chi connectivity index (χ0) is 21.9. The van der Waals surface area contributed by atoms with Gasteiger partial charge in [-0.05, 0) is 56.9 Å². The lowest BCUT2D eigenvalue weighted by atomic mass is 10.2. The van der Waals surface area contributed by atoms with Crippen LogP contribution in [-0.2, 0) is 14.3 Å². The van der Waals surface area contributed by atoms with E-state index in [4.69, 9.17) is 14.2 Å². The average Bonchev–Trinajstić information content (AvgIpc) is 3.51. The molecule has 1 fully saturated rings. The van der Waals surface area contributed by atoms with E-state index < -0.39 is 24.0 Å². The van der Waals surface area contributed by atoms with Gasteiger partial charge in [0.2, 0.25) is 0 Å². The van der Waals surface area contributed by atoms with Gasteiger partial charge >= 0.3 is 12.0 Å². The van der Waals surface area contributed by atoms with Crippen molar-refractivity contribution in [2.45, 2.75) is 58.6 Å². The first-order valence-corrected chi connectivity index (χ1v) is 10.3. The lowest BCUT2D eigenvalue weighted by Gasteiger charge is -2.13. The first-order chi connectivity index (χ1) is 14.4. The Morgan fingerprint density at radius 3 is 2.60 bits per heavy atom. The number of amides is 3. The number of rotatable bonds is 11. The first kappa shape index (κ1) is 23.3. The topological polar surface area (TPSA) is 103 Å². The van der Waals surface area contributed by atoms with Crippen molar-refractivity contribution in [3.8, 4) is 11.5 Å². The summed E-state index contributed by atoms with van der Waals surface area (Å²) in [6, 6.07) is 4.91. The molecule has 1 saturated carbocycles. The van der Waals surface area contributed by atoms with E-state index in [-0.39, 0.29) is 6.04 Å². The Kier molecular flexibility index (Phi) is 9.18. The van der Waals surface area contributed by atoms with Gasteiger partial charge in [-0.2, -0.15) is 0 Å². The van der Waals surface area contributed by atoms with Gasteiger partial charge in [0.15, 0.2) is 17.6 Å². The molecule has 0 radical (unpaired) electrons. The van der Waals surface area contributed by atoms with Crippen molar-refractivity contribution in [2.75, 3.05) is 13.2 Å². The normalized spacial score (nSPS) is 14.1. The molecule has 1 unspecified atom stereocenters. The van der Waals surface area contributed by atoms with Gasteiger partial charge in [-0.3, -0.25) is 10.1 Å². The number of benzene rings is 1. The van der Waals surface area contributed by atoms with Crippen LogP contribution >= 0.6 is 0 Å². The van der Waals surface area contributed by atoms with Crippen LogP contribution in [0.4, 0.5) is 4.79 Å². The second kappa shape index (κ2) is 11.8. The molecule has 164 valence electrons. The molecule has 30 heavy (non-hydrogen) atoms. The van der Waals surface area contributed by atoms with Gasteiger partial charge in [0.05, 0.1) is 13.2 Å². The number of urea groups is 1. The molecule has 2 N–H and O–H groups in total. The predicted molar refractivity (Wildman–Crippen MR) is 112 cm³/mol. The minimum absolute atomic E-state index is 0.128. The lowest BCUT2D eigenvalue weighted by molar-refractivity contribution is -0.149. The Bertz CT molecular complexity index is 773. The summed E-state index contributed by atoms with van der Waals surface area (Å²) >= 11 is 0. The quantitative estimate of drug-likeness (QED) is 0.325. The van der Waals surface area contributed by atoms with Crippen LogP contribution < -0.4 is 20.1 Å². The maximum absolute atomic E-state index is 12.0. The number of esters is 1. The second-order valence-electron chi connectivity index (χ2n) is 6.99. The van der Waals surface area contributed by atoms with Gasteiger partial charge in [-0.15, -0.1) is 0 Å². The minimum atomic E-state index is -1.10. The predicted octanol–water partition coefficient (Wildman–Crippen LogP) is 3.20. The van der Waals surface area contributed by atoms with Crippen LogP contribution in [0.1, 0.15) is 52.0 Å². The van der Waals surface area contributed by atoms with Crippen molar-refractivity contribution < 1.29 is 28.6 Å². The molecule has 3 amide bonds. The van der Waals surface area contributed by atoms with Crippen molar-refractivity contribution >= 4 is 24.0 Å². The number of carbonyl (C=O) groups is 3. The van der Waals surface area contributed by atoms with Gasteiger partial charge in [0.1, 0.15) is 0 Å². The fraction of sp³-hybridized carbons (Fsp3) is 0.500. The van der Waals surface area contributed by atoms with Crippen molar-refractivity contribution in [3.63, 3.8) is 0 Å². The van der Waals surface area contributed by atoms with E-state index >= 15 is 0 Å². The van der Waals surface area contributed by atoms with Crippen LogP contribution in [-0.4, -0.2) is 43.3 Å². The molecule has 1 aromatic rings. The van der Waals surface area contributed by atoms with E-state index in [1.165, 1.54) is 13.0 Å². The van der Waals surface area contributed by atoms with E-state index in [9.17, 15) is 14.4 Å². The highest BCUT2D eigenvalue weighted by atomic mass is 16.5. The summed E-state index contributed by atoms with van der Waals surface area (Å²) in [4.78, 5) is 35.5. The Balaban J connectivity index is 1.88. The number of hydrogen-bond donors (Lipinski definition) is 2. The van der Waals surface area contributed by atoms with Crippen LogP contribution in [0.5, 0.6) is 11.5 Å². The number of hydrogen-bond acceptors (Lipinski definition) is 6. The smallest absolute Gasteiger partial charge is 0.331 e. The third-order valence-electron chi connectivity index (χ3n) is 4.25. The Morgan fingerprint density at radius 1 is 1.17 bits per heavy atom. The molecule has 0 aromatic heterocycles. The number of carbonyl (C=O) groups excluding carboxylic acids is 3. The fourth-order valence-corrected chi connectivity index (χ4v) is 2.44. The third-order valence-corrected chi connectivity index (χ3v) is 4.25. The van der Waals surface area contributed by atoms with E-state index in [1.54, 1.807) is 24.3 Å². The molecule has 0 aliphatic heterocycles. The molecular weight excluding hydrogens is 388 g/mol. The summed E-state index contributed by atoms with van der Waals surface area (Å²) in [7, 11) is 0. The summed E-state index contributed by atoms with van der Waals surface area (Å²) in [5.41, 5.74) is 0.721. The van der Waals surface area contributed by atoms with Crippen molar-refractivity contribution in [2.24, 2.45) is 0 Å². The molecule has 0 saturated heterocycles. The van der Waals surface area contributed by atoms with Gasteiger partial charge in [-0.25, -0.2) is 9.59 Å². The van der Waals surface area contributed by atoms with Crippen LogP contribution in [0.2, 0.25) is 0 Å². The molecule has 1 aromatic carbocycles. The van der Waals surface area contributed by atoms with Gasteiger partial charge in [0.25, 0.3) is 5.91 Å². The van der Waals surface area contributed by atoms with Crippen LogP contribution in [0.3, 0.4) is 0 Å². The highest BCUT2D eigenvalue weighted by molar-refractivity contribution is 5.98. The van der Waals surface area contributed by atoms with Crippen LogP contribution in [0, 0.1) is 0 Å². The largest absolute Gasteiger partial charge is 0.490 e. The molecule has 8 heteroatoms. The summed E-state index contributed by atoms with van der Waals surface area (Å²) in [5.74, 6) is -0.123. The number of ether oxygens (including phenoxy) is 3. The molecule has 0 heterocycles. The highest BCUT2D eigenvalue weighted by Crippen LogP contribution is 2.29. The first-order valence-electron chi connectivity index (χ1n) is 10.3. The molecule has 1 aliphatic carbocycles. The van der Waals surface area contributed by atoms with Gasteiger partial charge < -0.3 is 19.5 Å². The summed E-state index contributed by atoms with van der Waals surface area (Å²) in [6.45, 7) is 6.47. The van der Waals surface area contributed by atoms with Crippen molar-refractivity contribution in [1.29, 1.82) is 0 Å². The van der Waals surface area contributed by atoms with Crippen LogP contribution in [0.15, 0.2) is 24.3 Å². The van der Waals surface area contributed by atoms with E-state index in [2.05, 4.69) is 17.6 Å². The molecule has 0 bridgehead atoms. The third kappa shape index (κ3) is 8.14. The average molecular weight is 418 g/mol. The van der Waals surface area contributed by atoms with Gasteiger partial charge in [0, 0.05) is 12.1 Å². The zero-order valence-corrected chi connectivity index (χ0v) is 17.7. The second-order valence-corrected chi connectivity index (χ2v) is 6.99. The van der Waals surface area contributed by atoms with Gasteiger partial charge in [-0.1, -0.05) is 19.4 Å². The highest BCUT2D eigenvalue weighted by Gasteiger charge is 2.25. The Labute approximate surface area is 176 Å². The number of nitrogens with one attached hydrogen (secondary N) is 2. The molecule has 1 aliphatic rings. The molecule has 0 spiro atoms. The summed E-state index contributed by atoms with van der Waals surface area (Å²) < 4.78 is 16.4. The summed E-state index contributed by atoms with van der Waals surface area (Å²) in [6.07, 6.45) is 5.49. The maximum atomic E-state index is 12.0. The summed E-state index contributed by atoms with van der Waals surface area (Å²) in [5, 5.41) is 4.79. The molecular formula is C22H30N2O6. The van der Waals surface area contributed by atoms with Crippen LogP contribution in [0.25, 0.3) is 6.08 Å². The Hall–Kier alpha value is -3.03. The van der Waals surface area contributed by atoms with E-state index in [0.29, 0.717) is 24.7 Å². The van der Waals surface area contributed by atoms with Crippen molar-refractivity contribution in [1.82, 2.24) is 10.6 Å². The molecule has 1 atom stereocenters. The maximum Gasteiger partial charge on any atom is 0.331 e. The monoisotopic (exact) mass is 418 g/mol.